The summed E-state index contributed by atoms with van der Waals surface area (Å²) >= 11 is 0. The van der Waals surface area contributed by atoms with E-state index in [4.69, 9.17) is 0 Å². The maximum absolute atomic E-state index is 3.62. The van der Waals surface area contributed by atoms with E-state index in [1.165, 1.54) is 62.6 Å². The lowest BCUT2D eigenvalue weighted by atomic mass is 9.97. The van der Waals surface area contributed by atoms with Gasteiger partial charge < -0.3 is 5.32 Å². The largest absolute Gasteiger partial charge is 0.310 e. The van der Waals surface area contributed by atoms with Crippen molar-refractivity contribution < 1.29 is 0 Å². The molecule has 1 heterocycles. The van der Waals surface area contributed by atoms with Gasteiger partial charge in [0.1, 0.15) is 0 Å². The zero-order valence-electron chi connectivity index (χ0n) is 13.5. The first-order valence-corrected chi connectivity index (χ1v) is 8.90. The van der Waals surface area contributed by atoms with Crippen LogP contribution in [0, 0.1) is 0 Å². The highest BCUT2D eigenvalue weighted by atomic mass is 15.2. The Morgan fingerprint density at radius 3 is 2.81 bits per heavy atom. The third-order valence-electron chi connectivity index (χ3n) is 4.92. The number of hydrogen-bond acceptors (Lipinski definition) is 2. The summed E-state index contributed by atoms with van der Waals surface area (Å²) in [5, 5.41) is 3.62. The predicted octanol–water partition coefficient (Wildman–Crippen LogP) is 4.09. The number of rotatable bonds is 7. The van der Waals surface area contributed by atoms with E-state index >= 15 is 0 Å². The smallest absolute Gasteiger partial charge is 0.0236 e. The lowest BCUT2D eigenvalue weighted by Crippen LogP contribution is -2.38. The number of piperidine rings is 1. The molecule has 21 heavy (non-hydrogen) atoms. The summed E-state index contributed by atoms with van der Waals surface area (Å²) in [6.07, 6.45) is 9.61. The minimum atomic E-state index is 0.796. The van der Waals surface area contributed by atoms with E-state index in [0.717, 1.165) is 25.2 Å². The lowest BCUT2D eigenvalue weighted by Gasteiger charge is -2.35. The summed E-state index contributed by atoms with van der Waals surface area (Å²) < 4.78 is 0. The van der Waals surface area contributed by atoms with Crippen molar-refractivity contribution in [2.24, 2.45) is 0 Å². The van der Waals surface area contributed by atoms with Crippen molar-refractivity contribution in [1.82, 2.24) is 10.2 Å². The van der Waals surface area contributed by atoms with Crippen LogP contribution in [0.25, 0.3) is 0 Å². The van der Waals surface area contributed by atoms with Crippen LogP contribution < -0.4 is 5.32 Å². The molecule has 0 bridgehead atoms. The molecule has 1 unspecified atom stereocenters. The molecule has 116 valence electrons. The van der Waals surface area contributed by atoms with Gasteiger partial charge in [-0.1, -0.05) is 44.0 Å². The second-order valence-corrected chi connectivity index (χ2v) is 6.88. The van der Waals surface area contributed by atoms with E-state index in [9.17, 15) is 0 Å². The molecule has 1 atom stereocenters. The molecule has 1 saturated heterocycles. The van der Waals surface area contributed by atoms with Crippen LogP contribution in [0.15, 0.2) is 24.3 Å². The van der Waals surface area contributed by atoms with E-state index in [-0.39, 0.29) is 0 Å². The van der Waals surface area contributed by atoms with Gasteiger partial charge >= 0.3 is 0 Å². The Hall–Kier alpha value is -0.860. The number of hydrogen-bond donors (Lipinski definition) is 1. The van der Waals surface area contributed by atoms with Gasteiger partial charge in [-0.2, -0.15) is 0 Å². The highest BCUT2D eigenvalue weighted by molar-refractivity contribution is 5.23. The fourth-order valence-electron chi connectivity index (χ4n) is 3.55. The number of benzene rings is 1. The van der Waals surface area contributed by atoms with Crippen molar-refractivity contribution in [2.45, 2.75) is 77.0 Å². The summed E-state index contributed by atoms with van der Waals surface area (Å²) in [4.78, 5) is 2.72. The molecule has 1 aliphatic carbocycles. The van der Waals surface area contributed by atoms with Gasteiger partial charge in [-0.15, -0.1) is 0 Å². The van der Waals surface area contributed by atoms with Gasteiger partial charge in [0.2, 0.25) is 0 Å². The zero-order valence-corrected chi connectivity index (χ0v) is 13.5. The van der Waals surface area contributed by atoms with Crippen LogP contribution in [0.1, 0.15) is 63.0 Å². The first kappa shape index (κ1) is 15.1. The Labute approximate surface area is 129 Å². The normalized spacial score (nSPS) is 23.4. The Morgan fingerprint density at radius 2 is 2.00 bits per heavy atom. The standard InChI is InChI=1S/C19H30N2/c1-2-6-19-9-3-4-12-21(19)15-17-8-5-7-16(13-17)14-20-18-10-11-18/h5,7-8,13,18-20H,2-4,6,9-12,14-15H2,1H3. The summed E-state index contributed by atoms with van der Waals surface area (Å²) in [6.45, 7) is 5.78. The van der Waals surface area contributed by atoms with Crippen LogP contribution in [0.2, 0.25) is 0 Å². The van der Waals surface area contributed by atoms with Crippen LogP contribution in [-0.4, -0.2) is 23.5 Å². The Balaban J connectivity index is 1.58. The Morgan fingerprint density at radius 1 is 1.14 bits per heavy atom. The molecular formula is C19H30N2. The SMILES string of the molecule is CCCC1CCCCN1Cc1cccc(CNC2CC2)c1. The van der Waals surface area contributed by atoms with Crippen LogP contribution >= 0.6 is 0 Å². The Kier molecular flexibility index (Phi) is 5.32. The molecule has 1 N–H and O–H groups in total. The molecule has 1 aromatic carbocycles. The number of likely N-dealkylation sites (tertiary alicyclic amines) is 1. The monoisotopic (exact) mass is 286 g/mol. The van der Waals surface area contributed by atoms with Crippen molar-refractivity contribution in [3.05, 3.63) is 35.4 Å². The molecule has 1 aliphatic heterocycles. The van der Waals surface area contributed by atoms with Gasteiger partial charge in [-0.05, 0) is 49.8 Å². The van der Waals surface area contributed by atoms with Crippen molar-refractivity contribution in [3.63, 3.8) is 0 Å². The summed E-state index contributed by atoms with van der Waals surface area (Å²) in [5.74, 6) is 0. The van der Waals surface area contributed by atoms with E-state index in [2.05, 4.69) is 41.4 Å². The van der Waals surface area contributed by atoms with Crippen molar-refractivity contribution >= 4 is 0 Å². The molecule has 0 radical (unpaired) electrons. The first-order valence-electron chi connectivity index (χ1n) is 8.90. The molecule has 2 fully saturated rings. The fraction of sp³-hybridized carbons (Fsp3) is 0.684. The number of nitrogens with one attached hydrogen (secondary N) is 1. The molecule has 2 nitrogen and oxygen atoms in total. The molecule has 2 aliphatic rings. The van der Waals surface area contributed by atoms with Crippen LogP contribution in [0.4, 0.5) is 0 Å². The molecule has 2 heteroatoms. The average molecular weight is 286 g/mol. The third kappa shape index (κ3) is 4.55. The first-order chi connectivity index (χ1) is 10.3. The second kappa shape index (κ2) is 7.42. The van der Waals surface area contributed by atoms with Crippen molar-refractivity contribution in [1.29, 1.82) is 0 Å². The van der Waals surface area contributed by atoms with E-state index in [1.807, 2.05) is 0 Å². The molecule has 1 aromatic rings. The van der Waals surface area contributed by atoms with Gasteiger partial charge in [0.05, 0.1) is 0 Å². The third-order valence-corrected chi connectivity index (χ3v) is 4.92. The van der Waals surface area contributed by atoms with E-state index < -0.39 is 0 Å². The van der Waals surface area contributed by atoms with Gasteiger partial charge in [0, 0.05) is 25.2 Å². The lowest BCUT2D eigenvalue weighted by molar-refractivity contribution is 0.131. The Bertz CT molecular complexity index is 437. The van der Waals surface area contributed by atoms with Gasteiger partial charge in [-0.3, -0.25) is 4.90 Å². The average Bonchev–Trinajstić information content (AvgIpc) is 3.32. The predicted molar refractivity (Wildman–Crippen MR) is 89.3 cm³/mol. The molecule has 0 amide bonds. The van der Waals surface area contributed by atoms with E-state index in [0.29, 0.717) is 0 Å². The molecular weight excluding hydrogens is 256 g/mol. The molecule has 0 aromatic heterocycles. The zero-order chi connectivity index (χ0) is 14.5. The minimum Gasteiger partial charge on any atom is -0.310 e. The second-order valence-electron chi connectivity index (χ2n) is 6.88. The van der Waals surface area contributed by atoms with Crippen LogP contribution in [-0.2, 0) is 13.1 Å². The number of nitrogens with zero attached hydrogens (tertiary/aromatic N) is 1. The molecule has 0 spiro atoms. The topological polar surface area (TPSA) is 15.3 Å². The summed E-state index contributed by atoms with van der Waals surface area (Å²) in [7, 11) is 0. The van der Waals surface area contributed by atoms with Gasteiger partial charge in [0.25, 0.3) is 0 Å². The van der Waals surface area contributed by atoms with Crippen LogP contribution in [0.5, 0.6) is 0 Å². The van der Waals surface area contributed by atoms with Crippen molar-refractivity contribution in [3.8, 4) is 0 Å². The minimum absolute atomic E-state index is 0.796. The maximum atomic E-state index is 3.62. The quantitative estimate of drug-likeness (QED) is 0.812. The van der Waals surface area contributed by atoms with Crippen LogP contribution in [0.3, 0.4) is 0 Å². The highest BCUT2D eigenvalue weighted by Crippen LogP contribution is 2.23. The van der Waals surface area contributed by atoms with Gasteiger partial charge in [0.15, 0.2) is 0 Å². The maximum Gasteiger partial charge on any atom is 0.0236 e. The summed E-state index contributed by atoms with van der Waals surface area (Å²) in [6, 6.07) is 10.8. The fourth-order valence-corrected chi connectivity index (χ4v) is 3.55. The highest BCUT2D eigenvalue weighted by Gasteiger charge is 2.22. The van der Waals surface area contributed by atoms with Crippen molar-refractivity contribution in [2.75, 3.05) is 6.54 Å². The van der Waals surface area contributed by atoms with E-state index in [1.54, 1.807) is 0 Å². The molecule has 1 saturated carbocycles. The summed E-state index contributed by atoms with van der Waals surface area (Å²) in [5.41, 5.74) is 2.94. The van der Waals surface area contributed by atoms with Gasteiger partial charge in [-0.25, -0.2) is 0 Å². The molecule has 3 rings (SSSR count).